The Morgan fingerprint density at radius 1 is 1.43 bits per heavy atom. The van der Waals surface area contributed by atoms with Crippen molar-refractivity contribution < 1.29 is 4.74 Å². The molecule has 2 heterocycles. The molecule has 0 saturated heterocycles. The summed E-state index contributed by atoms with van der Waals surface area (Å²) >= 11 is 1.57. The quantitative estimate of drug-likeness (QED) is 0.675. The zero-order chi connectivity index (χ0) is 14.7. The van der Waals surface area contributed by atoms with Crippen LogP contribution in [0, 0.1) is 5.41 Å². The minimum atomic E-state index is 0.437. The molecule has 1 aromatic carbocycles. The fourth-order valence-corrected chi connectivity index (χ4v) is 3.05. The monoisotopic (exact) mass is 301 g/mol. The van der Waals surface area contributed by atoms with Gasteiger partial charge in [0.1, 0.15) is 18.2 Å². The van der Waals surface area contributed by atoms with Crippen molar-refractivity contribution >= 4 is 22.9 Å². The standard InChI is InChI=1S/C16H19N3OS/c1-2-19-7-8-20-14-6-5-13(10-12(14)11-19)18-16(17)15-4-3-9-21-15/h3-6,9-10H,2,7-8,11H2,1H3,(H2,17,18). The molecule has 0 aliphatic carbocycles. The number of benzene rings is 1. The van der Waals surface area contributed by atoms with E-state index in [9.17, 15) is 0 Å². The molecule has 0 fully saturated rings. The molecule has 0 atom stereocenters. The minimum Gasteiger partial charge on any atom is -0.492 e. The van der Waals surface area contributed by atoms with Crippen LogP contribution in [0.25, 0.3) is 0 Å². The van der Waals surface area contributed by atoms with E-state index in [-0.39, 0.29) is 0 Å². The Balaban J connectivity index is 1.79. The summed E-state index contributed by atoms with van der Waals surface area (Å²) < 4.78 is 5.79. The highest BCUT2D eigenvalue weighted by atomic mass is 32.1. The molecule has 1 aliphatic heterocycles. The fraction of sp³-hybridized carbons (Fsp3) is 0.312. The van der Waals surface area contributed by atoms with Crippen LogP contribution in [0.3, 0.4) is 0 Å². The van der Waals surface area contributed by atoms with Crippen molar-refractivity contribution in [2.75, 3.05) is 25.0 Å². The molecule has 4 nitrogen and oxygen atoms in total. The third-order valence-corrected chi connectivity index (χ3v) is 4.49. The molecule has 0 unspecified atom stereocenters. The molecule has 0 amide bonds. The molecular weight excluding hydrogens is 282 g/mol. The SMILES string of the molecule is CCN1CCOc2ccc(NC(=N)c3cccs3)cc2C1. The van der Waals surface area contributed by atoms with E-state index in [2.05, 4.69) is 23.2 Å². The molecule has 1 aromatic heterocycles. The van der Waals surface area contributed by atoms with Crippen LogP contribution in [-0.4, -0.2) is 30.4 Å². The van der Waals surface area contributed by atoms with Crippen molar-refractivity contribution in [2.24, 2.45) is 0 Å². The van der Waals surface area contributed by atoms with Gasteiger partial charge >= 0.3 is 0 Å². The van der Waals surface area contributed by atoms with Crippen LogP contribution >= 0.6 is 11.3 Å². The molecule has 0 saturated carbocycles. The zero-order valence-electron chi connectivity index (χ0n) is 12.1. The summed E-state index contributed by atoms with van der Waals surface area (Å²) in [4.78, 5) is 3.30. The molecule has 110 valence electrons. The van der Waals surface area contributed by atoms with Gasteiger partial charge in [0.05, 0.1) is 4.88 Å². The lowest BCUT2D eigenvalue weighted by Crippen LogP contribution is -2.25. The Hall–Kier alpha value is -1.85. The number of nitrogens with zero attached hydrogens (tertiary/aromatic N) is 1. The number of amidine groups is 1. The summed E-state index contributed by atoms with van der Waals surface area (Å²) in [5.74, 6) is 1.39. The second-order valence-corrected chi connectivity index (χ2v) is 5.96. The van der Waals surface area contributed by atoms with E-state index in [1.54, 1.807) is 11.3 Å². The summed E-state index contributed by atoms with van der Waals surface area (Å²) in [5.41, 5.74) is 2.12. The van der Waals surface area contributed by atoms with Gasteiger partial charge in [-0.15, -0.1) is 11.3 Å². The fourth-order valence-electron chi connectivity index (χ4n) is 2.42. The number of rotatable bonds is 3. The van der Waals surface area contributed by atoms with Crippen LogP contribution < -0.4 is 10.1 Å². The smallest absolute Gasteiger partial charge is 0.140 e. The number of nitrogens with one attached hydrogen (secondary N) is 2. The molecule has 0 radical (unpaired) electrons. The van der Waals surface area contributed by atoms with Crippen molar-refractivity contribution in [3.63, 3.8) is 0 Å². The topological polar surface area (TPSA) is 48.4 Å². The number of anilines is 1. The van der Waals surface area contributed by atoms with Crippen LogP contribution in [0.15, 0.2) is 35.7 Å². The van der Waals surface area contributed by atoms with Crippen molar-refractivity contribution in [1.82, 2.24) is 4.90 Å². The molecular formula is C16H19N3OS. The third kappa shape index (κ3) is 3.25. The summed E-state index contributed by atoms with van der Waals surface area (Å²) in [6.45, 7) is 5.77. The van der Waals surface area contributed by atoms with Crippen LogP contribution in [0.4, 0.5) is 5.69 Å². The first-order valence-corrected chi connectivity index (χ1v) is 8.01. The number of ether oxygens (including phenoxy) is 1. The van der Waals surface area contributed by atoms with E-state index in [4.69, 9.17) is 10.1 Å². The molecule has 2 N–H and O–H groups in total. The predicted octanol–water partition coefficient (Wildman–Crippen LogP) is 3.40. The van der Waals surface area contributed by atoms with E-state index in [1.165, 1.54) is 5.56 Å². The van der Waals surface area contributed by atoms with Crippen molar-refractivity contribution in [2.45, 2.75) is 13.5 Å². The summed E-state index contributed by atoms with van der Waals surface area (Å²) in [5, 5.41) is 13.2. The Labute approximate surface area is 128 Å². The van der Waals surface area contributed by atoms with Gasteiger partial charge in [0.25, 0.3) is 0 Å². The lowest BCUT2D eigenvalue weighted by Gasteiger charge is -2.16. The van der Waals surface area contributed by atoms with Crippen molar-refractivity contribution in [3.05, 3.63) is 46.2 Å². The van der Waals surface area contributed by atoms with Gasteiger partial charge in [-0.1, -0.05) is 13.0 Å². The van der Waals surface area contributed by atoms with Gasteiger partial charge in [-0.05, 0) is 36.2 Å². The Bertz CT molecular complexity index is 624. The Morgan fingerprint density at radius 3 is 3.10 bits per heavy atom. The minimum absolute atomic E-state index is 0.437. The van der Waals surface area contributed by atoms with E-state index in [1.807, 2.05) is 29.6 Å². The molecule has 3 rings (SSSR count). The highest BCUT2D eigenvalue weighted by molar-refractivity contribution is 7.12. The molecule has 2 aromatic rings. The van der Waals surface area contributed by atoms with Gasteiger partial charge in [0.2, 0.25) is 0 Å². The summed E-state index contributed by atoms with van der Waals surface area (Å²) in [6.07, 6.45) is 0. The largest absolute Gasteiger partial charge is 0.492 e. The number of hydrogen-bond acceptors (Lipinski definition) is 4. The van der Waals surface area contributed by atoms with Gasteiger partial charge in [-0.2, -0.15) is 0 Å². The van der Waals surface area contributed by atoms with Crippen LogP contribution in [0.1, 0.15) is 17.4 Å². The lowest BCUT2D eigenvalue weighted by atomic mass is 10.1. The maximum Gasteiger partial charge on any atom is 0.140 e. The van der Waals surface area contributed by atoms with Crippen molar-refractivity contribution in [1.29, 1.82) is 5.41 Å². The van der Waals surface area contributed by atoms with Crippen LogP contribution in [0.5, 0.6) is 5.75 Å². The molecule has 5 heteroatoms. The van der Waals surface area contributed by atoms with Gasteiger partial charge in [-0.25, -0.2) is 0 Å². The first-order valence-electron chi connectivity index (χ1n) is 7.14. The van der Waals surface area contributed by atoms with Gasteiger partial charge in [0.15, 0.2) is 0 Å². The number of hydrogen-bond donors (Lipinski definition) is 2. The average Bonchev–Trinajstić information content (AvgIpc) is 2.95. The van der Waals surface area contributed by atoms with Gasteiger partial charge < -0.3 is 10.1 Å². The average molecular weight is 301 g/mol. The van der Waals surface area contributed by atoms with E-state index < -0.39 is 0 Å². The van der Waals surface area contributed by atoms with Gasteiger partial charge in [0, 0.05) is 24.3 Å². The van der Waals surface area contributed by atoms with Crippen LogP contribution in [0.2, 0.25) is 0 Å². The molecule has 21 heavy (non-hydrogen) atoms. The molecule has 0 spiro atoms. The summed E-state index contributed by atoms with van der Waals surface area (Å²) in [7, 11) is 0. The number of likely N-dealkylation sites (N-methyl/N-ethyl adjacent to an activating group) is 1. The first-order chi connectivity index (χ1) is 10.3. The lowest BCUT2D eigenvalue weighted by molar-refractivity contribution is 0.234. The second kappa shape index (κ2) is 6.28. The first kappa shape index (κ1) is 14.1. The Morgan fingerprint density at radius 2 is 2.33 bits per heavy atom. The summed E-state index contributed by atoms with van der Waals surface area (Å²) in [6, 6.07) is 9.97. The Kier molecular flexibility index (Phi) is 4.22. The van der Waals surface area contributed by atoms with Crippen LogP contribution in [-0.2, 0) is 6.54 Å². The maximum absolute atomic E-state index is 8.10. The normalized spacial score (nSPS) is 14.9. The highest BCUT2D eigenvalue weighted by Gasteiger charge is 2.15. The van der Waals surface area contributed by atoms with Crippen molar-refractivity contribution in [3.8, 4) is 5.75 Å². The molecule has 1 aliphatic rings. The van der Waals surface area contributed by atoms with E-state index in [0.29, 0.717) is 5.84 Å². The second-order valence-electron chi connectivity index (χ2n) is 5.02. The predicted molar refractivity (Wildman–Crippen MR) is 87.7 cm³/mol. The van der Waals surface area contributed by atoms with E-state index >= 15 is 0 Å². The molecule has 0 bridgehead atoms. The van der Waals surface area contributed by atoms with Gasteiger partial charge in [-0.3, -0.25) is 10.3 Å². The third-order valence-electron chi connectivity index (χ3n) is 3.60. The zero-order valence-corrected chi connectivity index (χ0v) is 12.9. The highest BCUT2D eigenvalue weighted by Crippen LogP contribution is 2.26. The number of thiophene rings is 1. The maximum atomic E-state index is 8.10. The number of fused-ring (bicyclic) bond motifs is 1. The van der Waals surface area contributed by atoms with E-state index in [0.717, 1.165) is 42.6 Å².